The highest BCUT2D eigenvalue weighted by Gasteiger charge is 2.24. The van der Waals surface area contributed by atoms with Gasteiger partial charge < -0.3 is 0 Å². The SMILES string of the molecule is CC(C)c1ccccc1.Cc1c(F)c(F)c(F)c(C(C)C)c1F.Cc1cccc(C(C)(C)C)c1. The number of hydrogen-bond donors (Lipinski definition) is 0. The maximum absolute atomic E-state index is 13.3. The third kappa shape index (κ3) is 8.30. The molecule has 0 saturated carbocycles. The molecular formula is C30H38F4. The van der Waals surface area contributed by atoms with Crippen LogP contribution in [-0.4, -0.2) is 0 Å². The summed E-state index contributed by atoms with van der Waals surface area (Å²) in [5, 5.41) is 0. The monoisotopic (exact) mass is 474 g/mol. The van der Waals surface area contributed by atoms with Crippen molar-refractivity contribution in [2.75, 3.05) is 0 Å². The molecule has 0 fully saturated rings. The van der Waals surface area contributed by atoms with E-state index in [0.717, 1.165) is 6.92 Å². The zero-order chi connectivity index (χ0) is 26.2. The molecule has 0 aliphatic heterocycles. The molecule has 186 valence electrons. The quantitative estimate of drug-likeness (QED) is 0.197. The second-order valence-electron chi connectivity index (χ2n) is 10.1. The van der Waals surface area contributed by atoms with Crippen molar-refractivity contribution in [3.05, 3.63) is 106 Å². The van der Waals surface area contributed by atoms with E-state index in [4.69, 9.17) is 0 Å². The van der Waals surface area contributed by atoms with Crippen LogP contribution in [0.3, 0.4) is 0 Å². The molecule has 0 aliphatic rings. The summed E-state index contributed by atoms with van der Waals surface area (Å²) in [6, 6.07) is 19.2. The van der Waals surface area contributed by atoms with Gasteiger partial charge >= 0.3 is 0 Å². The van der Waals surface area contributed by atoms with Gasteiger partial charge in [-0.05, 0) is 42.2 Å². The van der Waals surface area contributed by atoms with Crippen molar-refractivity contribution >= 4 is 0 Å². The Morgan fingerprint density at radius 3 is 1.56 bits per heavy atom. The van der Waals surface area contributed by atoms with Crippen LogP contribution in [0, 0.1) is 37.1 Å². The molecular weight excluding hydrogens is 436 g/mol. The van der Waals surface area contributed by atoms with Crippen LogP contribution in [0.1, 0.15) is 88.1 Å². The molecule has 0 saturated heterocycles. The van der Waals surface area contributed by atoms with Gasteiger partial charge in [0.15, 0.2) is 17.5 Å². The van der Waals surface area contributed by atoms with Crippen molar-refractivity contribution in [1.29, 1.82) is 0 Å². The van der Waals surface area contributed by atoms with Crippen molar-refractivity contribution in [3.8, 4) is 0 Å². The minimum atomic E-state index is -1.60. The third-order valence-electron chi connectivity index (χ3n) is 5.44. The lowest BCUT2D eigenvalue weighted by Gasteiger charge is -2.19. The summed E-state index contributed by atoms with van der Waals surface area (Å²) in [4.78, 5) is 0. The molecule has 3 aromatic rings. The first-order chi connectivity index (χ1) is 15.7. The Morgan fingerprint density at radius 1 is 0.618 bits per heavy atom. The topological polar surface area (TPSA) is 0 Å². The molecule has 0 nitrogen and oxygen atoms in total. The van der Waals surface area contributed by atoms with E-state index in [1.54, 1.807) is 0 Å². The molecule has 0 atom stereocenters. The van der Waals surface area contributed by atoms with Gasteiger partial charge in [0.25, 0.3) is 0 Å². The molecule has 34 heavy (non-hydrogen) atoms. The van der Waals surface area contributed by atoms with E-state index in [1.165, 1.54) is 30.5 Å². The molecule has 0 amide bonds. The Balaban J connectivity index is 0.000000262. The summed E-state index contributed by atoms with van der Waals surface area (Å²) in [6.07, 6.45) is 0. The normalized spacial score (nSPS) is 11.0. The molecule has 0 aromatic heterocycles. The zero-order valence-corrected chi connectivity index (χ0v) is 21.9. The minimum Gasteiger partial charge on any atom is -0.206 e. The van der Waals surface area contributed by atoms with Gasteiger partial charge in [-0.15, -0.1) is 0 Å². The molecule has 0 bridgehead atoms. The molecule has 4 heteroatoms. The van der Waals surface area contributed by atoms with Crippen LogP contribution in [0.4, 0.5) is 17.6 Å². The summed E-state index contributed by atoms with van der Waals surface area (Å²) in [7, 11) is 0. The van der Waals surface area contributed by atoms with Gasteiger partial charge in [-0.1, -0.05) is 109 Å². The third-order valence-corrected chi connectivity index (χ3v) is 5.44. The van der Waals surface area contributed by atoms with Crippen LogP contribution in [-0.2, 0) is 5.41 Å². The van der Waals surface area contributed by atoms with E-state index in [9.17, 15) is 17.6 Å². The van der Waals surface area contributed by atoms with E-state index < -0.39 is 40.3 Å². The highest BCUT2D eigenvalue weighted by molar-refractivity contribution is 5.31. The summed E-state index contributed by atoms with van der Waals surface area (Å²) < 4.78 is 52.1. The van der Waals surface area contributed by atoms with Gasteiger partial charge in [-0.2, -0.15) is 0 Å². The van der Waals surface area contributed by atoms with Gasteiger partial charge in [0.2, 0.25) is 0 Å². The van der Waals surface area contributed by atoms with Crippen LogP contribution in [0.25, 0.3) is 0 Å². The molecule has 0 N–H and O–H groups in total. The molecule has 0 radical (unpaired) electrons. The number of halogens is 4. The molecule has 0 spiro atoms. The minimum absolute atomic E-state index is 0.284. The second-order valence-corrected chi connectivity index (χ2v) is 10.1. The first kappa shape index (κ1) is 29.4. The van der Waals surface area contributed by atoms with Crippen LogP contribution < -0.4 is 0 Å². The van der Waals surface area contributed by atoms with Gasteiger partial charge in [-0.3, -0.25) is 0 Å². The average Bonchev–Trinajstić information content (AvgIpc) is 2.77. The Labute approximate surface area is 203 Å². The van der Waals surface area contributed by atoms with Crippen molar-refractivity contribution < 1.29 is 17.6 Å². The highest BCUT2D eigenvalue weighted by Crippen LogP contribution is 2.28. The van der Waals surface area contributed by atoms with Crippen molar-refractivity contribution in [1.82, 2.24) is 0 Å². The number of benzene rings is 3. The predicted octanol–water partition coefficient (Wildman–Crippen LogP) is 9.78. The van der Waals surface area contributed by atoms with Crippen LogP contribution in [0.15, 0.2) is 54.6 Å². The lowest BCUT2D eigenvalue weighted by Crippen LogP contribution is -2.10. The number of aryl methyl sites for hydroxylation is 1. The summed E-state index contributed by atoms with van der Waals surface area (Å²) in [5.41, 5.74) is 3.58. The molecule has 3 rings (SSSR count). The first-order valence-electron chi connectivity index (χ1n) is 11.6. The van der Waals surface area contributed by atoms with Gasteiger partial charge in [-0.25, -0.2) is 17.6 Å². The molecule has 3 aromatic carbocycles. The van der Waals surface area contributed by atoms with Gasteiger partial charge in [0.1, 0.15) is 5.82 Å². The number of hydrogen-bond acceptors (Lipinski definition) is 0. The van der Waals surface area contributed by atoms with Gasteiger partial charge in [0.05, 0.1) is 0 Å². The van der Waals surface area contributed by atoms with Crippen LogP contribution in [0.5, 0.6) is 0 Å². The smallest absolute Gasteiger partial charge is 0.195 e. The van der Waals surface area contributed by atoms with E-state index in [1.807, 2.05) is 6.07 Å². The lowest BCUT2D eigenvalue weighted by atomic mass is 9.86. The zero-order valence-electron chi connectivity index (χ0n) is 21.9. The molecule has 0 unspecified atom stereocenters. The summed E-state index contributed by atoms with van der Waals surface area (Å²) >= 11 is 0. The second kappa shape index (κ2) is 12.7. The van der Waals surface area contributed by atoms with E-state index in [-0.39, 0.29) is 5.41 Å². The van der Waals surface area contributed by atoms with E-state index in [2.05, 4.69) is 90.1 Å². The molecule has 0 aliphatic carbocycles. The van der Waals surface area contributed by atoms with Crippen LogP contribution in [0.2, 0.25) is 0 Å². The number of rotatable bonds is 2. The molecule has 0 heterocycles. The fraction of sp³-hybridized carbons (Fsp3) is 0.400. The fourth-order valence-electron chi connectivity index (χ4n) is 3.23. The van der Waals surface area contributed by atoms with Crippen molar-refractivity contribution in [2.45, 2.75) is 79.6 Å². The standard InChI is InChI=1S/C11H16.C10H10F4.C9H12/c1-9-6-5-7-10(8-9)11(2,3)4;1-4(2)6-7(11)5(3)8(12)10(14)9(6)13;1-8(2)9-6-4-3-5-7-9/h5-8H,1-4H3;4H,1-3H3;3-8H,1-2H3. The average molecular weight is 475 g/mol. The van der Waals surface area contributed by atoms with E-state index in [0.29, 0.717) is 5.92 Å². The van der Waals surface area contributed by atoms with Crippen LogP contribution >= 0.6 is 0 Å². The van der Waals surface area contributed by atoms with Crippen molar-refractivity contribution in [2.24, 2.45) is 0 Å². The summed E-state index contributed by atoms with van der Waals surface area (Å²) in [5.74, 6) is -5.36. The van der Waals surface area contributed by atoms with Gasteiger partial charge in [0, 0.05) is 11.1 Å². The Kier molecular flexibility index (Phi) is 11.0. The van der Waals surface area contributed by atoms with E-state index >= 15 is 0 Å². The van der Waals surface area contributed by atoms with Crippen molar-refractivity contribution in [3.63, 3.8) is 0 Å². The largest absolute Gasteiger partial charge is 0.206 e. The first-order valence-corrected chi connectivity index (χ1v) is 11.6. The Hall–Kier alpha value is -2.62. The highest BCUT2D eigenvalue weighted by atomic mass is 19.2. The fourth-order valence-corrected chi connectivity index (χ4v) is 3.23. The Bertz CT molecular complexity index is 1020. The Morgan fingerprint density at radius 2 is 1.18 bits per heavy atom. The predicted molar refractivity (Wildman–Crippen MR) is 136 cm³/mol. The maximum Gasteiger partial charge on any atom is 0.195 e. The summed E-state index contributed by atoms with van der Waals surface area (Å²) in [6.45, 7) is 17.4. The maximum atomic E-state index is 13.3. The lowest BCUT2D eigenvalue weighted by molar-refractivity contribution is 0.415.